The highest BCUT2D eigenvalue weighted by Gasteiger charge is 2.22. The SMILES string of the molecule is c1ccc2c(c1)CCC(c1ccc3c(c1)OCCC3)O2. The van der Waals surface area contributed by atoms with E-state index in [2.05, 4.69) is 36.4 Å². The summed E-state index contributed by atoms with van der Waals surface area (Å²) >= 11 is 0. The number of rotatable bonds is 1. The minimum Gasteiger partial charge on any atom is -0.493 e. The molecule has 0 aromatic heterocycles. The highest BCUT2D eigenvalue weighted by atomic mass is 16.5. The Morgan fingerprint density at radius 2 is 1.80 bits per heavy atom. The fraction of sp³-hybridized carbons (Fsp3) is 0.333. The predicted octanol–water partition coefficient (Wildman–Crippen LogP) is 4.08. The number of fused-ring (bicyclic) bond motifs is 2. The van der Waals surface area contributed by atoms with E-state index >= 15 is 0 Å². The Hall–Kier alpha value is -1.96. The second-order valence-electron chi connectivity index (χ2n) is 5.57. The van der Waals surface area contributed by atoms with Crippen molar-refractivity contribution in [3.63, 3.8) is 0 Å². The molecule has 102 valence electrons. The zero-order valence-corrected chi connectivity index (χ0v) is 11.5. The van der Waals surface area contributed by atoms with Gasteiger partial charge >= 0.3 is 0 Å². The standard InChI is InChI=1S/C18H18O2/c1-2-6-16-13(4-1)9-10-17(20-16)15-8-7-14-5-3-11-19-18(14)12-15/h1-2,4,6-8,12,17H,3,5,9-11H2. The van der Waals surface area contributed by atoms with Crippen molar-refractivity contribution < 1.29 is 9.47 Å². The first-order chi connectivity index (χ1) is 9.90. The number of hydrogen-bond donors (Lipinski definition) is 0. The fourth-order valence-corrected chi connectivity index (χ4v) is 3.12. The van der Waals surface area contributed by atoms with E-state index in [4.69, 9.17) is 9.47 Å². The summed E-state index contributed by atoms with van der Waals surface area (Å²) in [6, 6.07) is 14.9. The molecule has 4 rings (SSSR count). The van der Waals surface area contributed by atoms with Crippen LogP contribution in [0, 0.1) is 0 Å². The van der Waals surface area contributed by atoms with Crippen LogP contribution in [0.25, 0.3) is 0 Å². The van der Waals surface area contributed by atoms with Crippen molar-refractivity contribution in [3.8, 4) is 11.5 Å². The molecule has 0 N–H and O–H groups in total. The molecule has 0 bridgehead atoms. The first-order valence-corrected chi connectivity index (χ1v) is 7.40. The van der Waals surface area contributed by atoms with Gasteiger partial charge in [-0.25, -0.2) is 0 Å². The van der Waals surface area contributed by atoms with Crippen LogP contribution < -0.4 is 9.47 Å². The summed E-state index contributed by atoms with van der Waals surface area (Å²) in [5, 5.41) is 0. The van der Waals surface area contributed by atoms with E-state index in [1.165, 1.54) is 16.7 Å². The van der Waals surface area contributed by atoms with E-state index in [1.807, 2.05) is 6.07 Å². The lowest BCUT2D eigenvalue weighted by atomic mass is 9.95. The van der Waals surface area contributed by atoms with Gasteiger partial charge in [0.15, 0.2) is 0 Å². The molecule has 1 unspecified atom stereocenters. The monoisotopic (exact) mass is 266 g/mol. The highest BCUT2D eigenvalue weighted by molar-refractivity contribution is 5.41. The zero-order valence-electron chi connectivity index (χ0n) is 11.5. The lowest BCUT2D eigenvalue weighted by Crippen LogP contribution is -2.16. The molecule has 2 aliphatic heterocycles. The minimum absolute atomic E-state index is 0.153. The van der Waals surface area contributed by atoms with Gasteiger partial charge in [0.2, 0.25) is 0 Å². The lowest BCUT2D eigenvalue weighted by Gasteiger charge is -2.27. The maximum Gasteiger partial charge on any atom is 0.124 e. The molecule has 2 heterocycles. The third-order valence-electron chi connectivity index (χ3n) is 4.23. The summed E-state index contributed by atoms with van der Waals surface area (Å²) < 4.78 is 11.9. The lowest BCUT2D eigenvalue weighted by molar-refractivity contribution is 0.176. The van der Waals surface area contributed by atoms with E-state index in [0.29, 0.717) is 0 Å². The summed E-state index contributed by atoms with van der Waals surface area (Å²) in [5.41, 5.74) is 3.88. The van der Waals surface area contributed by atoms with Gasteiger partial charge in [-0.3, -0.25) is 0 Å². The van der Waals surface area contributed by atoms with Crippen molar-refractivity contribution in [1.29, 1.82) is 0 Å². The number of hydrogen-bond acceptors (Lipinski definition) is 2. The Kier molecular flexibility index (Phi) is 2.87. The molecule has 2 nitrogen and oxygen atoms in total. The Bertz CT molecular complexity index is 633. The molecule has 0 spiro atoms. The van der Waals surface area contributed by atoms with Crippen molar-refractivity contribution in [1.82, 2.24) is 0 Å². The van der Waals surface area contributed by atoms with Gasteiger partial charge < -0.3 is 9.47 Å². The largest absolute Gasteiger partial charge is 0.493 e. The van der Waals surface area contributed by atoms with E-state index in [1.54, 1.807) is 0 Å². The van der Waals surface area contributed by atoms with Crippen LogP contribution in [-0.2, 0) is 12.8 Å². The Morgan fingerprint density at radius 3 is 2.80 bits per heavy atom. The van der Waals surface area contributed by atoms with Gasteiger partial charge in [-0.05, 0) is 54.5 Å². The Balaban J connectivity index is 1.63. The van der Waals surface area contributed by atoms with E-state index in [9.17, 15) is 0 Å². The fourth-order valence-electron chi connectivity index (χ4n) is 3.12. The molecule has 2 aromatic rings. The maximum absolute atomic E-state index is 6.15. The second kappa shape index (κ2) is 4.86. The molecule has 20 heavy (non-hydrogen) atoms. The van der Waals surface area contributed by atoms with Gasteiger partial charge in [0, 0.05) is 0 Å². The van der Waals surface area contributed by atoms with Crippen molar-refractivity contribution in [2.45, 2.75) is 31.8 Å². The summed E-state index contributed by atoms with van der Waals surface area (Å²) in [4.78, 5) is 0. The van der Waals surface area contributed by atoms with Gasteiger partial charge in [-0.2, -0.15) is 0 Å². The number of benzene rings is 2. The van der Waals surface area contributed by atoms with E-state index in [-0.39, 0.29) is 6.10 Å². The number of ether oxygens (including phenoxy) is 2. The topological polar surface area (TPSA) is 18.5 Å². The molecule has 0 aliphatic carbocycles. The molecule has 2 aromatic carbocycles. The molecule has 0 radical (unpaired) electrons. The molecular weight excluding hydrogens is 248 g/mol. The van der Waals surface area contributed by atoms with Crippen molar-refractivity contribution in [3.05, 3.63) is 59.2 Å². The number of para-hydroxylation sites is 1. The van der Waals surface area contributed by atoms with Crippen molar-refractivity contribution in [2.75, 3.05) is 6.61 Å². The number of aryl methyl sites for hydroxylation is 2. The van der Waals surface area contributed by atoms with Crippen molar-refractivity contribution >= 4 is 0 Å². The average Bonchev–Trinajstić information content (AvgIpc) is 2.54. The predicted molar refractivity (Wildman–Crippen MR) is 78.4 cm³/mol. The normalized spacial score (nSPS) is 20.3. The quantitative estimate of drug-likeness (QED) is 0.774. The first-order valence-electron chi connectivity index (χ1n) is 7.40. The molecule has 0 amide bonds. The van der Waals surface area contributed by atoms with Gasteiger partial charge in [-0.15, -0.1) is 0 Å². The van der Waals surface area contributed by atoms with Crippen LogP contribution in [0.3, 0.4) is 0 Å². The third kappa shape index (κ3) is 2.05. The summed E-state index contributed by atoms with van der Waals surface area (Å²) in [6.45, 7) is 0.838. The molecule has 0 fully saturated rings. The van der Waals surface area contributed by atoms with E-state index in [0.717, 1.165) is 43.8 Å². The summed E-state index contributed by atoms with van der Waals surface area (Å²) in [7, 11) is 0. The van der Waals surface area contributed by atoms with Gasteiger partial charge in [0.25, 0.3) is 0 Å². The zero-order chi connectivity index (χ0) is 13.4. The van der Waals surface area contributed by atoms with Crippen LogP contribution in [0.1, 0.15) is 35.6 Å². The second-order valence-corrected chi connectivity index (χ2v) is 5.57. The van der Waals surface area contributed by atoms with Crippen molar-refractivity contribution in [2.24, 2.45) is 0 Å². The molecule has 0 saturated heterocycles. The smallest absolute Gasteiger partial charge is 0.124 e. The molecule has 1 atom stereocenters. The first kappa shape index (κ1) is 11.8. The molecule has 2 aliphatic rings. The van der Waals surface area contributed by atoms with Crippen LogP contribution >= 0.6 is 0 Å². The van der Waals surface area contributed by atoms with Crippen LogP contribution in [-0.4, -0.2) is 6.61 Å². The van der Waals surface area contributed by atoms with Gasteiger partial charge in [-0.1, -0.05) is 30.3 Å². The Labute approximate surface area is 119 Å². The highest BCUT2D eigenvalue weighted by Crippen LogP contribution is 2.37. The Morgan fingerprint density at radius 1 is 0.900 bits per heavy atom. The van der Waals surface area contributed by atoms with Crippen LogP contribution in [0.15, 0.2) is 42.5 Å². The van der Waals surface area contributed by atoms with Gasteiger partial charge in [0.1, 0.15) is 17.6 Å². The third-order valence-corrected chi connectivity index (χ3v) is 4.23. The molecule has 2 heteroatoms. The minimum atomic E-state index is 0.153. The van der Waals surface area contributed by atoms with Gasteiger partial charge in [0.05, 0.1) is 6.61 Å². The van der Waals surface area contributed by atoms with Crippen LogP contribution in [0.5, 0.6) is 11.5 Å². The summed E-state index contributed by atoms with van der Waals surface area (Å²) in [5.74, 6) is 2.08. The van der Waals surface area contributed by atoms with E-state index < -0.39 is 0 Å². The summed E-state index contributed by atoms with van der Waals surface area (Å²) in [6.07, 6.45) is 4.53. The molecular formula is C18H18O2. The van der Waals surface area contributed by atoms with Crippen LogP contribution in [0.4, 0.5) is 0 Å². The molecule has 0 saturated carbocycles. The maximum atomic E-state index is 6.15. The van der Waals surface area contributed by atoms with Crippen LogP contribution in [0.2, 0.25) is 0 Å². The average molecular weight is 266 g/mol.